The van der Waals surface area contributed by atoms with E-state index in [2.05, 4.69) is 6.07 Å². The van der Waals surface area contributed by atoms with Crippen LogP contribution in [0.4, 0.5) is 0 Å². The normalized spacial score (nSPS) is 17.2. The number of methoxy groups -OCH3 is 3. The van der Waals surface area contributed by atoms with Gasteiger partial charge in [-0.1, -0.05) is 12.8 Å². The van der Waals surface area contributed by atoms with E-state index >= 15 is 0 Å². The topological polar surface area (TPSA) is 53.7 Å². The maximum Gasteiger partial charge on any atom is 0.164 e. The number of rotatable bonds is 6. The number of hydrogen-bond acceptors (Lipinski definition) is 4. The molecule has 1 aromatic rings. The highest BCUT2D eigenvalue weighted by Gasteiger charge is 2.37. The van der Waals surface area contributed by atoms with Gasteiger partial charge in [0.15, 0.2) is 11.5 Å². The summed E-state index contributed by atoms with van der Waals surface area (Å²) in [4.78, 5) is 0. The van der Waals surface area contributed by atoms with E-state index in [0.717, 1.165) is 29.9 Å². The molecule has 0 atom stereocenters. The fourth-order valence-corrected chi connectivity index (χ4v) is 3.30. The molecule has 112 valence electrons. The van der Waals surface area contributed by atoms with Crippen molar-refractivity contribution >= 4 is 0 Å². The molecule has 1 saturated carbocycles. The first kappa shape index (κ1) is 15.1. The van der Waals surface area contributed by atoms with E-state index < -0.39 is 0 Å². The molecule has 0 aliphatic heterocycles. The van der Waals surface area contributed by atoms with Crippen molar-refractivity contribution in [2.24, 2.45) is 5.73 Å². The van der Waals surface area contributed by atoms with Crippen LogP contribution >= 0.6 is 0 Å². The van der Waals surface area contributed by atoms with Gasteiger partial charge in [-0.3, -0.25) is 0 Å². The molecular weight excluding hydrogens is 254 g/mol. The third kappa shape index (κ3) is 2.63. The average molecular weight is 279 g/mol. The third-order valence-electron chi connectivity index (χ3n) is 4.37. The number of benzene rings is 1. The first-order chi connectivity index (χ1) is 9.70. The van der Waals surface area contributed by atoms with Gasteiger partial charge in [0, 0.05) is 24.6 Å². The molecule has 0 saturated heterocycles. The summed E-state index contributed by atoms with van der Waals surface area (Å²) in [6.45, 7) is 1.21. The lowest BCUT2D eigenvalue weighted by Crippen LogP contribution is -2.32. The van der Waals surface area contributed by atoms with Crippen LogP contribution in [0.25, 0.3) is 0 Å². The first-order valence-electron chi connectivity index (χ1n) is 7.15. The number of ether oxygens (including phenoxy) is 3. The summed E-state index contributed by atoms with van der Waals surface area (Å²) in [6.07, 6.45) is 4.66. The molecule has 1 aromatic carbocycles. The van der Waals surface area contributed by atoms with Gasteiger partial charge in [0.1, 0.15) is 0 Å². The zero-order valence-corrected chi connectivity index (χ0v) is 12.7. The molecule has 4 nitrogen and oxygen atoms in total. The first-order valence-corrected chi connectivity index (χ1v) is 7.15. The van der Waals surface area contributed by atoms with Crippen LogP contribution in [0.2, 0.25) is 0 Å². The summed E-state index contributed by atoms with van der Waals surface area (Å²) in [5.74, 6) is 1.58. The Morgan fingerprint density at radius 2 is 1.80 bits per heavy atom. The fraction of sp³-hybridized carbons (Fsp3) is 0.625. The minimum absolute atomic E-state index is 0.0162. The molecule has 1 fully saturated rings. The largest absolute Gasteiger partial charge is 0.493 e. The Morgan fingerprint density at radius 3 is 2.30 bits per heavy atom. The van der Waals surface area contributed by atoms with Crippen LogP contribution in [0.3, 0.4) is 0 Å². The van der Waals surface area contributed by atoms with Gasteiger partial charge < -0.3 is 19.9 Å². The van der Waals surface area contributed by atoms with E-state index in [-0.39, 0.29) is 5.41 Å². The second-order valence-electron chi connectivity index (χ2n) is 5.50. The Hall–Kier alpha value is -1.26. The zero-order valence-electron chi connectivity index (χ0n) is 12.7. The predicted octanol–water partition coefficient (Wildman–Crippen LogP) is 2.62. The van der Waals surface area contributed by atoms with Crippen LogP contribution in [0.1, 0.15) is 36.8 Å². The second-order valence-corrected chi connectivity index (χ2v) is 5.50. The van der Waals surface area contributed by atoms with E-state index in [1.165, 1.54) is 18.4 Å². The lowest BCUT2D eigenvalue weighted by molar-refractivity contribution is 0.184. The second kappa shape index (κ2) is 6.46. The molecule has 1 aliphatic carbocycles. The lowest BCUT2D eigenvalue weighted by Gasteiger charge is -2.30. The van der Waals surface area contributed by atoms with Crippen molar-refractivity contribution in [3.63, 3.8) is 0 Å². The molecule has 0 heterocycles. The maximum absolute atomic E-state index is 6.11. The van der Waals surface area contributed by atoms with Gasteiger partial charge >= 0.3 is 0 Å². The van der Waals surface area contributed by atoms with Crippen LogP contribution in [-0.4, -0.2) is 27.9 Å². The molecule has 1 aliphatic rings. The van der Waals surface area contributed by atoms with Crippen molar-refractivity contribution in [2.45, 2.75) is 37.7 Å². The molecule has 2 N–H and O–H groups in total. The van der Waals surface area contributed by atoms with Crippen molar-refractivity contribution in [3.8, 4) is 11.5 Å². The van der Waals surface area contributed by atoms with Crippen molar-refractivity contribution in [2.75, 3.05) is 27.9 Å². The van der Waals surface area contributed by atoms with Crippen LogP contribution < -0.4 is 15.2 Å². The lowest BCUT2D eigenvalue weighted by atomic mass is 9.77. The van der Waals surface area contributed by atoms with Crippen LogP contribution in [-0.2, 0) is 16.8 Å². The highest BCUT2D eigenvalue weighted by Crippen LogP contribution is 2.47. The Kier molecular flexibility index (Phi) is 4.89. The molecule has 0 amide bonds. The molecule has 0 unspecified atom stereocenters. The SMILES string of the molecule is COCc1cc(OC)c(OC)c(C2(CN)CCCC2)c1. The van der Waals surface area contributed by atoms with Gasteiger partial charge in [-0.05, 0) is 30.5 Å². The Labute approximate surface area is 121 Å². The highest BCUT2D eigenvalue weighted by atomic mass is 16.5. The molecule has 0 spiro atoms. The van der Waals surface area contributed by atoms with E-state index in [0.29, 0.717) is 13.2 Å². The standard InChI is InChI=1S/C16H25NO3/c1-18-10-12-8-13(15(20-3)14(9-12)19-2)16(11-17)6-4-5-7-16/h8-9H,4-7,10-11,17H2,1-3H3. The van der Waals surface area contributed by atoms with Crippen molar-refractivity contribution in [1.82, 2.24) is 0 Å². The predicted molar refractivity (Wildman–Crippen MR) is 79.5 cm³/mol. The third-order valence-corrected chi connectivity index (χ3v) is 4.37. The molecule has 4 heteroatoms. The van der Waals surface area contributed by atoms with E-state index in [1.54, 1.807) is 21.3 Å². The van der Waals surface area contributed by atoms with Gasteiger partial charge in [-0.2, -0.15) is 0 Å². The van der Waals surface area contributed by atoms with E-state index in [1.807, 2.05) is 6.07 Å². The van der Waals surface area contributed by atoms with Gasteiger partial charge in [0.05, 0.1) is 20.8 Å². The van der Waals surface area contributed by atoms with Gasteiger partial charge in [-0.15, -0.1) is 0 Å². The minimum atomic E-state index is 0.0162. The van der Waals surface area contributed by atoms with E-state index in [9.17, 15) is 0 Å². The smallest absolute Gasteiger partial charge is 0.164 e. The summed E-state index contributed by atoms with van der Waals surface area (Å²) in [5.41, 5.74) is 8.40. The summed E-state index contributed by atoms with van der Waals surface area (Å²) >= 11 is 0. The maximum atomic E-state index is 6.11. The Morgan fingerprint density at radius 1 is 1.10 bits per heavy atom. The summed E-state index contributed by atoms with van der Waals surface area (Å²) in [5, 5.41) is 0. The van der Waals surface area contributed by atoms with Crippen LogP contribution in [0.5, 0.6) is 11.5 Å². The highest BCUT2D eigenvalue weighted by molar-refractivity contribution is 5.53. The molecule has 0 bridgehead atoms. The summed E-state index contributed by atoms with van der Waals surface area (Å²) in [6, 6.07) is 4.15. The van der Waals surface area contributed by atoms with Gasteiger partial charge in [-0.25, -0.2) is 0 Å². The quantitative estimate of drug-likeness (QED) is 0.869. The molecule has 0 radical (unpaired) electrons. The Balaban J connectivity index is 2.55. The Bertz CT molecular complexity index is 453. The molecule has 2 rings (SSSR count). The minimum Gasteiger partial charge on any atom is -0.493 e. The van der Waals surface area contributed by atoms with Crippen LogP contribution in [0, 0.1) is 0 Å². The number of nitrogens with two attached hydrogens (primary N) is 1. The van der Waals surface area contributed by atoms with Gasteiger partial charge in [0.25, 0.3) is 0 Å². The van der Waals surface area contributed by atoms with Crippen molar-refractivity contribution in [3.05, 3.63) is 23.3 Å². The molecule has 20 heavy (non-hydrogen) atoms. The van der Waals surface area contributed by atoms with Crippen molar-refractivity contribution < 1.29 is 14.2 Å². The monoisotopic (exact) mass is 279 g/mol. The van der Waals surface area contributed by atoms with Crippen molar-refractivity contribution in [1.29, 1.82) is 0 Å². The average Bonchev–Trinajstić information content (AvgIpc) is 2.96. The van der Waals surface area contributed by atoms with E-state index in [4.69, 9.17) is 19.9 Å². The molecular formula is C16H25NO3. The summed E-state index contributed by atoms with van der Waals surface area (Å²) in [7, 11) is 5.06. The summed E-state index contributed by atoms with van der Waals surface area (Å²) < 4.78 is 16.4. The van der Waals surface area contributed by atoms with Gasteiger partial charge in [0.2, 0.25) is 0 Å². The van der Waals surface area contributed by atoms with Crippen LogP contribution in [0.15, 0.2) is 12.1 Å². The zero-order chi connectivity index (χ0) is 14.6. The fourth-order valence-electron chi connectivity index (χ4n) is 3.30. The number of hydrogen-bond donors (Lipinski definition) is 1. The molecule has 0 aromatic heterocycles.